The molecule has 1 aliphatic rings. The number of benzene rings is 2. The molecule has 1 aliphatic heterocycles. The maximum absolute atomic E-state index is 11.9. The molecule has 0 saturated carbocycles. The smallest absolute Gasteiger partial charge is 0.336 e. The molecular formula is C23H25NO3. The molecule has 1 aromatic heterocycles. The van der Waals surface area contributed by atoms with Crippen molar-refractivity contribution < 1.29 is 9.52 Å². The van der Waals surface area contributed by atoms with Gasteiger partial charge in [0, 0.05) is 24.1 Å². The van der Waals surface area contributed by atoms with Gasteiger partial charge in [-0.15, -0.1) is 0 Å². The molecule has 0 unspecified atom stereocenters. The van der Waals surface area contributed by atoms with Crippen LogP contribution in [0.5, 0.6) is 5.75 Å². The zero-order valence-corrected chi connectivity index (χ0v) is 15.6. The van der Waals surface area contributed by atoms with Crippen molar-refractivity contribution in [2.75, 3.05) is 13.1 Å². The first-order valence-corrected chi connectivity index (χ1v) is 9.69. The first kappa shape index (κ1) is 17.8. The molecule has 0 aliphatic carbocycles. The molecule has 140 valence electrons. The Kier molecular flexibility index (Phi) is 4.99. The van der Waals surface area contributed by atoms with Crippen LogP contribution in [0.1, 0.15) is 42.4 Å². The number of nitrogens with zero attached hydrogens (tertiary/aromatic N) is 1. The summed E-state index contributed by atoms with van der Waals surface area (Å²) in [5, 5.41) is 10.5. The number of hydrogen-bond acceptors (Lipinski definition) is 4. The summed E-state index contributed by atoms with van der Waals surface area (Å²) >= 11 is 0. The van der Waals surface area contributed by atoms with Crippen molar-refractivity contribution in [3.05, 3.63) is 75.6 Å². The van der Waals surface area contributed by atoms with Gasteiger partial charge in [0.15, 0.2) is 0 Å². The van der Waals surface area contributed by atoms with Crippen LogP contribution < -0.4 is 5.63 Å². The first-order valence-electron chi connectivity index (χ1n) is 9.69. The second-order valence-corrected chi connectivity index (χ2v) is 7.42. The van der Waals surface area contributed by atoms with Gasteiger partial charge in [0.25, 0.3) is 0 Å². The normalized spacial score (nSPS) is 16.0. The Morgan fingerprint density at radius 3 is 2.52 bits per heavy atom. The van der Waals surface area contributed by atoms with Crippen molar-refractivity contribution in [3.8, 4) is 5.75 Å². The monoisotopic (exact) mass is 363 g/mol. The highest BCUT2D eigenvalue weighted by molar-refractivity contribution is 5.81. The minimum Gasteiger partial charge on any atom is -0.508 e. The molecule has 1 fully saturated rings. The lowest BCUT2D eigenvalue weighted by Gasteiger charge is -2.32. The van der Waals surface area contributed by atoms with Gasteiger partial charge >= 0.3 is 5.63 Å². The molecule has 1 N–H and O–H groups in total. The van der Waals surface area contributed by atoms with E-state index in [1.165, 1.54) is 17.2 Å². The molecule has 2 aromatic carbocycles. The molecule has 0 bridgehead atoms. The number of hydrogen-bond donors (Lipinski definition) is 1. The van der Waals surface area contributed by atoms with Crippen LogP contribution in [-0.2, 0) is 13.0 Å². The lowest BCUT2D eigenvalue weighted by atomic mass is 9.88. The van der Waals surface area contributed by atoms with E-state index in [2.05, 4.69) is 36.1 Å². The predicted molar refractivity (Wildman–Crippen MR) is 107 cm³/mol. The lowest BCUT2D eigenvalue weighted by Crippen LogP contribution is -2.32. The summed E-state index contributed by atoms with van der Waals surface area (Å²) in [6, 6.07) is 15.6. The number of phenolic OH excluding ortho intramolecular Hbond substituents is 1. The van der Waals surface area contributed by atoms with Crippen LogP contribution in [0.4, 0.5) is 0 Å². The molecule has 0 amide bonds. The second kappa shape index (κ2) is 7.57. The van der Waals surface area contributed by atoms with Gasteiger partial charge in [-0.3, -0.25) is 4.90 Å². The topological polar surface area (TPSA) is 53.7 Å². The van der Waals surface area contributed by atoms with Crippen LogP contribution in [0.15, 0.2) is 57.7 Å². The quantitative estimate of drug-likeness (QED) is 0.696. The van der Waals surface area contributed by atoms with E-state index in [0.29, 0.717) is 11.5 Å². The van der Waals surface area contributed by atoms with Crippen molar-refractivity contribution in [2.45, 2.75) is 38.6 Å². The first-order chi connectivity index (χ1) is 13.1. The molecule has 0 spiro atoms. The van der Waals surface area contributed by atoms with E-state index in [1.807, 2.05) is 6.07 Å². The number of aromatic hydroxyl groups is 1. The van der Waals surface area contributed by atoms with E-state index in [0.717, 1.165) is 49.8 Å². The van der Waals surface area contributed by atoms with Crippen molar-refractivity contribution in [2.24, 2.45) is 0 Å². The van der Waals surface area contributed by atoms with Gasteiger partial charge in [-0.05, 0) is 67.1 Å². The van der Waals surface area contributed by atoms with Crippen LogP contribution in [0.3, 0.4) is 0 Å². The van der Waals surface area contributed by atoms with E-state index in [4.69, 9.17) is 4.42 Å². The van der Waals surface area contributed by atoms with Gasteiger partial charge in [0.05, 0.1) is 0 Å². The fourth-order valence-electron chi connectivity index (χ4n) is 4.04. The molecule has 2 heterocycles. The Labute approximate surface area is 159 Å². The fraction of sp³-hybridized carbons (Fsp3) is 0.348. The Balaban J connectivity index is 1.46. The van der Waals surface area contributed by atoms with Crippen LogP contribution in [0.25, 0.3) is 11.0 Å². The average Bonchev–Trinajstić information content (AvgIpc) is 2.68. The zero-order valence-electron chi connectivity index (χ0n) is 15.6. The maximum Gasteiger partial charge on any atom is 0.336 e. The third-order valence-corrected chi connectivity index (χ3v) is 5.65. The number of aryl methyl sites for hydroxylation is 1. The Morgan fingerprint density at radius 1 is 1.07 bits per heavy atom. The van der Waals surface area contributed by atoms with Crippen LogP contribution in [0, 0.1) is 0 Å². The molecular weight excluding hydrogens is 338 g/mol. The summed E-state index contributed by atoms with van der Waals surface area (Å²) in [7, 11) is 0. The van der Waals surface area contributed by atoms with Crippen LogP contribution in [-0.4, -0.2) is 23.1 Å². The molecule has 27 heavy (non-hydrogen) atoms. The summed E-state index contributed by atoms with van der Waals surface area (Å²) < 4.78 is 5.23. The summed E-state index contributed by atoms with van der Waals surface area (Å²) in [6.07, 6.45) is 3.34. The molecule has 1 saturated heterocycles. The van der Waals surface area contributed by atoms with Gasteiger partial charge < -0.3 is 9.52 Å². The van der Waals surface area contributed by atoms with Crippen molar-refractivity contribution in [1.82, 2.24) is 4.90 Å². The summed E-state index contributed by atoms with van der Waals surface area (Å²) in [4.78, 5) is 14.3. The van der Waals surface area contributed by atoms with E-state index < -0.39 is 0 Å². The van der Waals surface area contributed by atoms with Crippen LogP contribution in [0.2, 0.25) is 0 Å². The summed E-state index contributed by atoms with van der Waals surface area (Å²) in [6.45, 7) is 4.94. The van der Waals surface area contributed by atoms with Crippen molar-refractivity contribution in [1.29, 1.82) is 0 Å². The number of piperidine rings is 1. The zero-order chi connectivity index (χ0) is 18.8. The third-order valence-electron chi connectivity index (χ3n) is 5.65. The van der Waals surface area contributed by atoms with E-state index in [1.54, 1.807) is 12.1 Å². The second-order valence-electron chi connectivity index (χ2n) is 7.42. The van der Waals surface area contributed by atoms with Gasteiger partial charge in [0.2, 0.25) is 0 Å². The molecule has 4 heteroatoms. The lowest BCUT2D eigenvalue weighted by molar-refractivity contribution is 0.205. The number of rotatable bonds is 4. The molecule has 0 radical (unpaired) electrons. The highest BCUT2D eigenvalue weighted by Gasteiger charge is 2.21. The molecule has 0 atom stereocenters. The van der Waals surface area contributed by atoms with E-state index in [-0.39, 0.29) is 11.4 Å². The molecule has 4 nitrogen and oxygen atoms in total. The van der Waals surface area contributed by atoms with E-state index in [9.17, 15) is 9.90 Å². The predicted octanol–water partition coefficient (Wildman–Crippen LogP) is 4.44. The maximum atomic E-state index is 11.9. The SMILES string of the molecule is CCc1ccc(C2CCN(Cc3cc(=O)oc4cc(O)ccc34)CC2)cc1. The Morgan fingerprint density at radius 2 is 1.81 bits per heavy atom. The highest BCUT2D eigenvalue weighted by Crippen LogP contribution is 2.30. The number of phenols is 1. The molecule has 4 rings (SSSR count). The highest BCUT2D eigenvalue weighted by atomic mass is 16.4. The van der Waals surface area contributed by atoms with Crippen molar-refractivity contribution >= 4 is 11.0 Å². The molecule has 3 aromatic rings. The largest absolute Gasteiger partial charge is 0.508 e. The fourth-order valence-corrected chi connectivity index (χ4v) is 4.04. The van der Waals surface area contributed by atoms with Gasteiger partial charge in [-0.1, -0.05) is 31.2 Å². The number of fused-ring (bicyclic) bond motifs is 1. The van der Waals surface area contributed by atoms with Gasteiger partial charge in [-0.25, -0.2) is 4.79 Å². The van der Waals surface area contributed by atoms with Crippen molar-refractivity contribution in [3.63, 3.8) is 0 Å². The van der Waals surface area contributed by atoms with Gasteiger partial charge in [0.1, 0.15) is 11.3 Å². The van der Waals surface area contributed by atoms with Crippen LogP contribution >= 0.6 is 0 Å². The minimum atomic E-state index is -0.367. The van der Waals surface area contributed by atoms with Gasteiger partial charge in [-0.2, -0.15) is 0 Å². The Bertz CT molecular complexity index is 983. The van der Waals surface area contributed by atoms with E-state index >= 15 is 0 Å². The average molecular weight is 363 g/mol. The minimum absolute atomic E-state index is 0.109. The standard InChI is InChI=1S/C23H25NO3/c1-2-16-3-5-17(6-4-16)18-9-11-24(12-10-18)15-19-13-23(26)27-22-14-20(25)7-8-21(19)22/h3-8,13-14,18,25H,2,9-12,15H2,1H3. The summed E-state index contributed by atoms with van der Waals surface area (Å²) in [5.41, 5.74) is 3.87. The third kappa shape index (κ3) is 3.91. The number of likely N-dealkylation sites (tertiary alicyclic amines) is 1. The Hall–Kier alpha value is -2.59. The summed E-state index contributed by atoms with van der Waals surface area (Å²) in [5.74, 6) is 0.722.